The predicted molar refractivity (Wildman–Crippen MR) is 75.6 cm³/mol. The number of carbonyl (C=O) groups excluding carboxylic acids is 1. The number of benzene rings is 1. The van der Waals surface area contributed by atoms with Crippen molar-refractivity contribution >= 4 is 5.91 Å². The second-order valence-corrected chi connectivity index (χ2v) is 4.51. The summed E-state index contributed by atoms with van der Waals surface area (Å²) in [7, 11) is 0. The standard InChI is InChI=1S/C15H19FN2O2/c1-11(2)18(8-9-19)15(20)14-6-5-13(16)10-12(14)4-3-7-17/h5-6,10-11,19H,7-9,17H2,1-2H3. The zero-order valence-electron chi connectivity index (χ0n) is 11.7. The van der Waals surface area contributed by atoms with Crippen LogP contribution in [0, 0.1) is 17.7 Å². The molecule has 0 unspecified atom stereocenters. The molecule has 0 aliphatic rings. The van der Waals surface area contributed by atoms with Crippen molar-refractivity contribution < 1.29 is 14.3 Å². The van der Waals surface area contributed by atoms with E-state index in [0.29, 0.717) is 11.1 Å². The van der Waals surface area contributed by atoms with E-state index in [-0.39, 0.29) is 31.6 Å². The molecule has 4 nitrogen and oxygen atoms in total. The normalized spacial score (nSPS) is 10.1. The van der Waals surface area contributed by atoms with Crippen molar-refractivity contribution in [2.75, 3.05) is 19.7 Å². The molecule has 0 atom stereocenters. The average Bonchev–Trinajstić information content (AvgIpc) is 2.41. The van der Waals surface area contributed by atoms with Crippen molar-refractivity contribution in [3.05, 3.63) is 35.1 Å². The van der Waals surface area contributed by atoms with Crippen molar-refractivity contribution in [2.45, 2.75) is 19.9 Å². The minimum atomic E-state index is -0.457. The summed E-state index contributed by atoms with van der Waals surface area (Å²) in [6.07, 6.45) is 0. The van der Waals surface area contributed by atoms with Crippen LogP contribution in [0.1, 0.15) is 29.8 Å². The third-order valence-corrected chi connectivity index (χ3v) is 2.76. The Morgan fingerprint density at radius 1 is 1.50 bits per heavy atom. The third kappa shape index (κ3) is 4.05. The molecule has 0 bridgehead atoms. The average molecular weight is 278 g/mol. The SMILES string of the molecule is CC(C)N(CCO)C(=O)c1ccc(F)cc1C#CCN. The van der Waals surface area contributed by atoms with E-state index in [0.717, 1.165) is 0 Å². The molecular formula is C15H19FN2O2. The van der Waals surface area contributed by atoms with Gasteiger partial charge in [0.2, 0.25) is 0 Å². The highest BCUT2D eigenvalue weighted by Crippen LogP contribution is 2.15. The number of nitrogens with zero attached hydrogens (tertiary/aromatic N) is 1. The van der Waals surface area contributed by atoms with E-state index in [1.807, 2.05) is 13.8 Å². The second kappa shape index (κ2) is 7.63. The predicted octanol–water partition coefficient (Wildman–Crippen LogP) is 0.979. The quantitative estimate of drug-likeness (QED) is 0.807. The molecule has 0 radical (unpaired) electrons. The highest BCUT2D eigenvalue weighted by Gasteiger charge is 2.20. The van der Waals surface area contributed by atoms with Crippen LogP contribution < -0.4 is 5.73 Å². The van der Waals surface area contributed by atoms with Gasteiger partial charge in [0.05, 0.1) is 18.7 Å². The summed E-state index contributed by atoms with van der Waals surface area (Å²) < 4.78 is 13.3. The van der Waals surface area contributed by atoms with E-state index in [9.17, 15) is 9.18 Å². The number of hydrogen-bond donors (Lipinski definition) is 2. The van der Waals surface area contributed by atoms with Crippen LogP contribution in [-0.4, -0.2) is 41.7 Å². The lowest BCUT2D eigenvalue weighted by Crippen LogP contribution is -2.39. The van der Waals surface area contributed by atoms with Crippen molar-refractivity contribution in [2.24, 2.45) is 5.73 Å². The summed E-state index contributed by atoms with van der Waals surface area (Å²) in [5.41, 5.74) is 5.92. The molecule has 1 aromatic rings. The topological polar surface area (TPSA) is 66.6 Å². The Morgan fingerprint density at radius 3 is 2.75 bits per heavy atom. The Labute approximate surface area is 118 Å². The van der Waals surface area contributed by atoms with E-state index in [2.05, 4.69) is 11.8 Å². The molecule has 20 heavy (non-hydrogen) atoms. The molecule has 0 saturated carbocycles. The number of halogens is 1. The molecule has 0 heterocycles. The number of carbonyl (C=O) groups is 1. The number of nitrogens with two attached hydrogens (primary N) is 1. The van der Waals surface area contributed by atoms with Gasteiger partial charge >= 0.3 is 0 Å². The van der Waals surface area contributed by atoms with Gasteiger partial charge in [-0.15, -0.1) is 0 Å². The summed E-state index contributed by atoms with van der Waals surface area (Å²) in [5.74, 6) is 4.58. The maximum absolute atomic E-state index is 13.3. The lowest BCUT2D eigenvalue weighted by molar-refractivity contribution is 0.0665. The van der Waals surface area contributed by atoms with E-state index >= 15 is 0 Å². The number of amides is 1. The number of hydrogen-bond acceptors (Lipinski definition) is 3. The molecule has 0 aromatic heterocycles. The molecule has 5 heteroatoms. The van der Waals surface area contributed by atoms with E-state index in [1.165, 1.54) is 23.1 Å². The molecule has 0 spiro atoms. The van der Waals surface area contributed by atoms with Crippen molar-refractivity contribution in [1.29, 1.82) is 0 Å². The molecule has 108 valence electrons. The molecular weight excluding hydrogens is 259 g/mol. The van der Waals surface area contributed by atoms with Gasteiger partial charge in [-0.2, -0.15) is 0 Å². The van der Waals surface area contributed by atoms with Gasteiger partial charge < -0.3 is 15.7 Å². The molecule has 1 rings (SSSR count). The Bertz CT molecular complexity index is 532. The zero-order valence-corrected chi connectivity index (χ0v) is 11.7. The fourth-order valence-corrected chi connectivity index (χ4v) is 1.81. The second-order valence-electron chi connectivity index (χ2n) is 4.51. The first kappa shape index (κ1) is 16.2. The first-order valence-electron chi connectivity index (χ1n) is 6.41. The van der Waals surface area contributed by atoms with Crippen molar-refractivity contribution in [1.82, 2.24) is 4.90 Å². The van der Waals surface area contributed by atoms with Crippen LogP contribution in [0.5, 0.6) is 0 Å². The van der Waals surface area contributed by atoms with Gasteiger partial charge in [-0.3, -0.25) is 4.79 Å². The minimum Gasteiger partial charge on any atom is -0.395 e. The van der Waals surface area contributed by atoms with Crippen LogP contribution in [0.2, 0.25) is 0 Å². The molecule has 3 N–H and O–H groups in total. The van der Waals surface area contributed by atoms with Crippen LogP contribution in [0.25, 0.3) is 0 Å². The molecule has 0 saturated heterocycles. The summed E-state index contributed by atoms with van der Waals surface area (Å²) >= 11 is 0. The summed E-state index contributed by atoms with van der Waals surface area (Å²) in [5, 5.41) is 9.04. The van der Waals surface area contributed by atoms with Gasteiger partial charge in [-0.1, -0.05) is 11.8 Å². The van der Waals surface area contributed by atoms with E-state index < -0.39 is 5.82 Å². The number of aliphatic hydroxyl groups excluding tert-OH is 1. The van der Waals surface area contributed by atoms with Crippen LogP contribution in [0.15, 0.2) is 18.2 Å². The molecule has 0 fully saturated rings. The minimum absolute atomic E-state index is 0.0741. The summed E-state index contributed by atoms with van der Waals surface area (Å²) in [4.78, 5) is 14.0. The molecule has 1 aromatic carbocycles. The lowest BCUT2D eigenvalue weighted by Gasteiger charge is -2.26. The van der Waals surface area contributed by atoms with Gasteiger partial charge in [0.1, 0.15) is 5.82 Å². The van der Waals surface area contributed by atoms with Crippen LogP contribution in [-0.2, 0) is 0 Å². The third-order valence-electron chi connectivity index (χ3n) is 2.76. The van der Waals surface area contributed by atoms with Crippen molar-refractivity contribution in [3.8, 4) is 11.8 Å². The van der Waals surface area contributed by atoms with Gasteiger partial charge in [-0.05, 0) is 32.0 Å². The largest absolute Gasteiger partial charge is 0.395 e. The Kier molecular flexibility index (Phi) is 6.16. The maximum Gasteiger partial charge on any atom is 0.255 e. The van der Waals surface area contributed by atoms with Gasteiger partial charge in [0, 0.05) is 18.2 Å². The molecule has 1 amide bonds. The Hall–Kier alpha value is -1.90. The van der Waals surface area contributed by atoms with Crippen LogP contribution in [0.3, 0.4) is 0 Å². The van der Waals surface area contributed by atoms with Crippen LogP contribution in [0.4, 0.5) is 4.39 Å². The maximum atomic E-state index is 13.3. The fraction of sp³-hybridized carbons (Fsp3) is 0.400. The molecule has 0 aliphatic carbocycles. The lowest BCUT2D eigenvalue weighted by atomic mass is 10.1. The first-order chi connectivity index (χ1) is 9.51. The number of rotatable bonds is 4. The highest BCUT2D eigenvalue weighted by molar-refractivity contribution is 5.97. The monoisotopic (exact) mass is 278 g/mol. The van der Waals surface area contributed by atoms with Gasteiger partial charge in [-0.25, -0.2) is 4.39 Å². The highest BCUT2D eigenvalue weighted by atomic mass is 19.1. The van der Waals surface area contributed by atoms with Gasteiger partial charge in [0.25, 0.3) is 5.91 Å². The fourth-order valence-electron chi connectivity index (χ4n) is 1.81. The first-order valence-corrected chi connectivity index (χ1v) is 6.41. The Balaban J connectivity index is 3.20. The van der Waals surface area contributed by atoms with E-state index in [4.69, 9.17) is 10.8 Å². The summed E-state index contributed by atoms with van der Waals surface area (Å²) in [6.45, 7) is 3.92. The van der Waals surface area contributed by atoms with Crippen LogP contribution >= 0.6 is 0 Å². The Morgan fingerprint density at radius 2 is 2.20 bits per heavy atom. The smallest absolute Gasteiger partial charge is 0.255 e. The van der Waals surface area contributed by atoms with Gasteiger partial charge in [0.15, 0.2) is 0 Å². The zero-order chi connectivity index (χ0) is 15.1. The van der Waals surface area contributed by atoms with E-state index in [1.54, 1.807) is 0 Å². The molecule has 0 aliphatic heterocycles. The summed E-state index contributed by atoms with van der Waals surface area (Å²) in [6, 6.07) is 3.77. The number of aliphatic hydroxyl groups is 1. The van der Waals surface area contributed by atoms with Crippen molar-refractivity contribution in [3.63, 3.8) is 0 Å².